The number of aromatic nitrogens is 1. The molecule has 2 aromatic carbocycles. The Kier molecular flexibility index (Phi) is 5.47. The topological polar surface area (TPSA) is 68.5 Å². The van der Waals surface area contributed by atoms with Crippen LogP contribution in [0.2, 0.25) is 0 Å². The monoisotopic (exact) mass is 395 g/mol. The highest BCUT2D eigenvalue weighted by Gasteiger charge is 2.25. The van der Waals surface area contributed by atoms with Crippen LogP contribution in [0.25, 0.3) is 11.3 Å². The molecule has 144 valence electrons. The first-order valence-electron chi connectivity index (χ1n) is 9.19. The third-order valence-corrected chi connectivity index (χ3v) is 5.84. The molecule has 0 amide bonds. The highest BCUT2D eigenvalue weighted by Crippen LogP contribution is 2.32. The first-order valence-corrected chi connectivity index (χ1v) is 10.1. The molecular formula is C21H21N3O3S. The highest BCUT2D eigenvalue weighted by atomic mass is 32.1. The molecule has 1 atom stereocenters. The van der Waals surface area contributed by atoms with Crippen LogP contribution in [-0.4, -0.2) is 34.5 Å². The van der Waals surface area contributed by atoms with Crippen molar-refractivity contribution in [2.24, 2.45) is 0 Å². The summed E-state index contributed by atoms with van der Waals surface area (Å²) in [5, 5.41) is 14.1. The van der Waals surface area contributed by atoms with E-state index < -0.39 is 0 Å². The van der Waals surface area contributed by atoms with E-state index in [-0.39, 0.29) is 16.7 Å². The van der Waals surface area contributed by atoms with E-state index in [1.807, 2.05) is 17.5 Å². The molecular weight excluding hydrogens is 374 g/mol. The molecule has 7 heteroatoms. The van der Waals surface area contributed by atoms with E-state index in [2.05, 4.69) is 29.2 Å². The van der Waals surface area contributed by atoms with Crippen LogP contribution >= 0.6 is 11.3 Å². The summed E-state index contributed by atoms with van der Waals surface area (Å²) in [5.74, 6) is 0. The van der Waals surface area contributed by atoms with Gasteiger partial charge >= 0.3 is 0 Å². The van der Waals surface area contributed by atoms with Crippen LogP contribution < -0.4 is 0 Å². The molecule has 0 spiro atoms. The van der Waals surface area contributed by atoms with E-state index in [1.165, 1.54) is 5.56 Å². The van der Waals surface area contributed by atoms with E-state index in [4.69, 9.17) is 9.72 Å². The lowest BCUT2D eigenvalue weighted by atomic mass is 10.1. The van der Waals surface area contributed by atoms with Crippen LogP contribution in [-0.2, 0) is 11.3 Å². The second kappa shape index (κ2) is 8.18. The van der Waals surface area contributed by atoms with Crippen LogP contribution in [0.4, 0.5) is 5.69 Å². The van der Waals surface area contributed by atoms with Gasteiger partial charge in [0.25, 0.3) is 5.69 Å². The molecule has 1 fully saturated rings. The Morgan fingerprint density at radius 1 is 1.29 bits per heavy atom. The van der Waals surface area contributed by atoms with Crippen molar-refractivity contribution in [1.29, 1.82) is 0 Å². The summed E-state index contributed by atoms with van der Waals surface area (Å²) in [5.41, 5.74) is 3.57. The summed E-state index contributed by atoms with van der Waals surface area (Å²) in [6.07, 6.45) is -0.0725. The highest BCUT2D eigenvalue weighted by molar-refractivity contribution is 7.10. The van der Waals surface area contributed by atoms with Crippen molar-refractivity contribution in [3.8, 4) is 11.3 Å². The lowest BCUT2D eigenvalue weighted by Crippen LogP contribution is -2.37. The smallest absolute Gasteiger partial charge is 0.272 e. The number of hydrogen-bond donors (Lipinski definition) is 0. The quantitative estimate of drug-likeness (QED) is 0.466. The minimum atomic E-state index is -0.349. The number of hydrogen-bond acceptors (Lipinski definition) is 6. The third kappa shape index (κ3) is 4.11. The Labute approximate surface area is 167 Å². The van der Waals surface area contributed by atoms with E-state index in [0.29, 0.717) is 12.2 Å². The fraction of sp³-hybridized carbons (Fsp3) is 0.286. The van der Waals surface area contributed by atoms with Gasteiger partial charge in [-0.1, -0.05) is 42.5 Å². The fourth-order valence-electron chi connectivity index (χ4n) is 3.37. The summed E-state index contributed by atoms with van der Waals surface area (Å²) in [6.45, 7) is 4.99. The van der Waals surface area contributed by atoms with Gasteiger partial charge in [-0.05, 0) is 12.5 Å². The van der Waals surface area contributed by atoms with Crippen molar-refractivity contribution in [1.82, 2.24) is 9.88 Å². The summed E-state index contributed by atoms with van der Waals surface area (Å²) in [7, 11) is 0. The number of benzene rings is 2. The van der Waals surface area contributed by atoms with Gasteiger partial charge in [-0.25, -0.2) is 4.98 Å². The van der Waals surface area contributed by atoms with Crippen LogP contribution in [0.3, 0.4) is 0 Å². The lowest BCUT2D eigenvalue weighted by molar-refractivity contribution is -0.385. The molecule has 0 saturated carbocycles. The number of ether oxygens (including phenoxy) is 1. The van der Waals surface area contributed by atoms with E-state index in [1.54, 1.807) is 30.4 Å². The van der Waals surface area contributed by atoms with Gasteiger partial charge in [0.1, 0.15) is 11.1 Å². The van der Waals surface area contributed by atoms with Gasteiger partial charge in [0.2, 0.25) is 0 Å². The molecule has 0 aliphatic carbocycles. The minimum absolute atomic E-state index is 0.0725. The molecule has 4 rings (SSSR count). The molecule has 0 N–H and O–H groups in total. The van der Waals surface area contributed by atoms with Crippen molar-refractivity contribution in [3.63, 3.8) is 0 Å². The summed E-state index contributed by atoms with van der Waals surface area (Å²) in [6, 6.07) is 15.7. The maximum atomic E-state index is 11.2. The number of nitrogens with zero attached hydrogens (tertiary/aromatic N) is 3. The Morgan fingerprint density at radius 2 is 2.11 bits per heavy atom. The summed E-state index contributed by atoms with van der Waals surface area (Å²) >= 11 is 1.55. The van der Waals surface area contributed by atoms with E-state index >= 15 is 0 Å². The van der Waals surface area contributed by atoms with E-state index in [9.17, 15) is 10.1 Å². The first kappa shape index (κ1) is 18.7. The van der Waals surface area contributed by atoms with Crippen LogP contribution in [0.15, 0.2) is 53.9 Å². The first-order chi connectivity index (χ1) is 13.6. The Bertz CT molecular complexity index is 974. The van der Waals surface area contributed by atoms with Crippen LogP contribution in [0.5, 0.6) is 0 Å². The largest absolute Gasteiger partial charge is 0.368 e. The van der Waals surface area contributed by atoms with Gasteiger partial charge in [0.05, 0.1) is 17.2 Å². The second-order valence-electron chi connectivity index (χ2n) is 6.91. The zero-order valence-corrected chi connectivity index (χ0v) is 16.4. The average molecular weight is 395 g/mol. The number of nitro benzene ring substituents is 1. The third-order valence-electron chi connectivity index (χ3n) is 4.90. The van der Waals surface area contributed by atoms with Gasteiger partial charge < -0.3 is 4.74 Å². The van der Waals surface area contributed by atoms with E-state index in [0.717, 1.165) is 35.9 Å². The summed E-state index contributed by atoms with van der Waals surface area (Å²) in [4.78, 5) is 18.0. The van der Waals surface area contributed by atoms with Gasteiger partial charge in [0.15, 0.2) is 0 Å². The SMILES string of the molecule is Cc1ccc(-c2csc(C3CN(Cc4ccccc4)CCO3)n2)cc1[N+](=O)[O-]. The number of morpholine rings is 1. The average Bonchev–Trinajstić information content (AvgIpc) is 3.19. The normalized spacial score (nSPS) is 17.5. The number of nitro groups is 1. The summed E-state index contributed by atoms with van der Waals surface area (Å²) < 4.78 is 5.96. The van der Waals surface area contributed by atoms with Crippen molar-refractivity contribution in [3.05, 3.63) is 80.2 Å². The molecule has 2 heterocycles. The van der Waals surface area contributed by atoms with Gasteiger partial charge in [-0.15, -0.1) is 11.3 Å². The predicted molar refractivity (Wildman–Crippen MR) is 109 cm³/mol. The van der Waals surface area contributed by atoms with Gasteiger partial charge in [-0.3, -0.25) is 15.0 Å². The molecule has 0 bridgehead atoms. The second-order valence-corrected chi connectivity index (χ2v) is 7.80. The van der Waals surface area contributed by atoms with Crippen LogP contribution in [0.1, 0.15) is 22.2 Å². The fourth-order valence-corrected chi connectivity index (χ4v) is 4.24. The number of thiazole rings is 1. The molecule has 1 aliphatic rings. The van der Waals surface area contributed by atoms with Crippen molar-refractivity contribution in [2.75, 3.05) is 19.7 Å². The molecule has 1 unspecified atom stereocenters. The maximum Gasteiger partial charge on any atom is 0.272 e. The lowest BCUT2D eigenvalue weighted by Gasteiger charge is -2.32. The molecule has 3 aromatic rings. The number of aryl methyl sites for hydroxylation is 1. The van der Waals surface area contributed by atoms with Crippen LogP contribution in [0, 0.1) is 17.0 Å². The minimum Gasteiger partial charge on any atom is -0.368 e. The van der Waals surface area contributed by atoms with Gasteiger partial charge in [-0.2, -0.15) is 0 Å². The maximum absolute atomic E-state index is 11.2. The molecule has 1 saturated heterocycles. The molecule has 0 radical (unpaired) electrons. The van der Waals surface area contributed by atoms with Crippen molar-refractivity contribution >= 4 is 17.0 Å². The van der Waals surface area contributed by atoms with Gasteiger partial charge in [0, 0.05) is 42.2 Å². The molecule has 1 aromatic heterocycles. The van der Waals surface area contributed by atoms with Crippen molar-refractivity contribution < 1.29 is 9.66 Å². The molecule has 6 nitrogen and oxygen atoms in total. The zero-order chi connectivity index (χ0) is 19.5. The predicted octanol–water partition coefficient (Wildman–Crippen LogP) is 4.60. The Hall–Kier alpha value is -2.61. The molecule has 1 aliphatic heterocycles. The zero-order valence-electron chi connectivity index (χ0n) is 15.6. The van der Waals surface area contributed by atoms with Crippen molar-refractivity contribution in [2.45, 2.75) is 19.6 Å². The number of rotatable bonds is 5. The molecule has 28 heavy (non-hydrogen) atoms. The Morgan fingerprint density at radius 3 is 2.89 bits per heavy atom. The Balaban J connectivity index is 1.49. The standard InChI is InChI=1S/C21H21N3O3S/c1-15-7-8-17(11-19(15)24(25)26)18-14-28-21(22-18)20-13-23(9-10-27-20)12-16-5-3-2-4-6-16/h2-8,11,14,20H,9-10,12-13H2,1H3.